The Morgan fingerprint density at radius 1 is 1.30 bits per heavy atom. The van der Waals surface area contributed by atoms with Gasteiger partial charge in [0.1, 0.15) is 0 Å². The van der Waals surface area contributed by atoms with Gasteiger partial charge in [0.25, 0.3) is 0 Å². The van der Waals surface area contributed by atoms with Crippen molar-refractivity contribution in [2.24, 2.45) is 5.92 Å². The monoisotopic (exact) mass is 137 g/mol. The van der Waals surface area contributed by atoms with Crippen LogP contribution in [0.15, 0.2) is 0 Å². The highest BCUT2D eigenvalue weighted by molar-refractivity contribution is 4.96. The Kier molecular flexibility index (Phi) is 2.62. The number of likely N-dealkylation sites (tertiary alicyclic amines) is 1. The van der Waals surface area contributed by atoms with Crippen molar-refractivity contribution in [1.29, 1.82) is 0 Å². The second kappa shape index (κ2) is 3.51. The number of hydrogen-bond acceptors (Lipinski definition) is 1. The van der Waals surface area contributed by atoms with Crippen molar-refractivity contribution in [3.8, 4) is 12.0 Å². The zero-order chi connectivity index (χ0) is 7.40. The van der Waals surface area contributed by atoms with E-state index in [1.165, 1.54) is 25.9 Å². The van der Waals surface area contributed by atoms with Gasteiger partial charge in [0.15, 0.2) is 0 Å². The fourth-order valence-corrected chi connectivity index (χ4v) is 1.28. The molecule has 0 radical (unpaired) electrons. The van der Waals surface area contributed by atoms with Crippen LogP contribution in [0.2, 0.25) is 0 Å². The second-order valence-electron chi connectivity index (χ2n) is 3.03. The summed E-state index contributed by atoms with van der Waals surface area (Å²) in [5.41, 5.74) is 0. The van der Waals surface area contributed by atoms with Gasteiger partial charge in [-0.05, 0) is 25.7 Å². The first kappa shape index (κ1) is 7.47. The number of rotatable bonds is 0. The van der Waals surface area contributed by atoms with Crippen LogP contribution in [-0.2, 0) is 0 Å². The van der Waals surface area contributed by atoms with Crippen LogP contribution in [0.3, 0.4) is 0 Å². The molecular weight excluding hydrogens is 122 g/mol. The fraction of sp³-hybridized carbons (Fsp3) is 0.778. The lowest BCUT2D eigenvalue weighted by molar-refractivity contribution is 0.268. The van der Waals surface area contributed by atoms with Crippen LogP contribution in [-0.4, -0.2) is 18.0 Å². The standard InChI is InChI=1S/C9H15N/c1-3-6-10-7-4-9(2)5-8-10/h9H,4-5,7-8H2,1-2H3. The lowest BCUT2D eigenvalue weighted by Gasteiger charge is -2.26. The average Bonchev–Trinajstić information content (AvgIpc) is 1.95. The van der Waals surface area contributed by atoms with Gasteiger partial charge in [-0.25, -0.2) is 0 Å². The molecule has 1 aliphatic rings. The molecule has 0 bridgehead atoms. The van der Waals surface area contributed by atoms with E-state index >= 15 is 0 Å². The van der Waals surface area contributed by atoms with Crippen LogP contribution in [0.4, 0.5) is 0 Å². The first-order valence-corrected chi connectivity index (χ1v) is 4.00. The van der Waals surface area contributed by atoms with E-state index in [1.54, 1.807) is 0 Å². The molecule has 1 nitrogen and oxygen atoms in total. The Bertz CT molecular complexity index is 144. The van der Waals surface area contributed by atoms with Crippen molar-refractivity contribution in [1.82, 2.24) is 4.90 Å². The summed E-state index contributed by atoms with van der Waals surface area (Å²) in [7, 11) is 0. The molecule has 1 saturated heterocycles. The van der Waals surface area contributed by atoms with E-state index in [0.717, 1.165) is 5.92 Å². The van der Waals surface area contributed by atoms with Gasteiger partial charge in [0, 0.05) is 19.1 Å². The molecule has 0 aliphatic carbocycles. The zero-order valence-corrected chi connectivity index (χ0v) is 6.85. The van der Waals surface area contributed by atoms with E-state index < -0.39 is 0 Å². The van der Waals surface area contributed by atoms with Crippen LogP contribution in [0.1, 0.15) is 26.7 Å². The minimum Gasteiger partial charge on any atom is -0.333 e. The third-order valence-corrected chi connectivity index (χ3v) is 2.05. The van der Waals surface area contributed by atoms with E-state index in [0.29, 0.717) is 0 Å². The van der Waals surface area contributed by atoms with Gasteiger partial charge in [0.05, 0.1) is 0 Å². The highest BCUT2D eigenvalue weighted by atomic mass is 15.1. The molecule has 0 amide bonds. The van der Waals surface area contributed by atoms with Crippen molar-refractivity contribution in [2.75, 3.05) is 13.1 Å². The third kappa shape index (κ3) is 1.95. The molecule has 0 spiro atoms. The highest BCUT2D eigenvalue weighted by Crippen LogP contribution is 2.14. The lowest BCUT2D eigenvalue weighted by Crippen LogP contribution is -2.28. The van der Waals surface area contributed by atoms with Gasteiger partial charge in [-0.3, -0.25) is 0 Å². The molecule has 1 aliphatic heterocycles. The molecule has 1 heterocycles. The van der Waals surface area contributed by atoms with Crippen molar-refractivity contribution >= 4 is 0 Å². The second-order valence-corrected chi connectivity index (χ2v) is 3.03. The third-order valence-electron chi connectivity index (χ3n) is 2.05. The fourth-order valence-electron chi connectivity index (χ4n) is 1.28. The number of nitrogens with zero attached hydrogens (tertiary/aromatic N) is 1. The van der Waals surface area contributed by atoms with E-state index in [2.05, 4.69) is 23.8 Å². The first-order valence-electron chi connectivity index (χ1n) is 4.00. The molecule has 1 heteroatoms. The van der Waals surface area contributed by atoms with E-state index in [1.807, 2.05) is 6.92 Å². The van der Waals surface area contributed by atoms with Crippen LogP contribution >= 0.6 is 0 Å². The van der Waals surface area contributed by atoms with Crippen LogP contribution in [0.5, 0.6) is 0 Å². The molecule has 1 fully saturated rings. The molecule has 0 N–H and O–H groups in total. The van der Waals surface area contributed by atoms with Crippen molar-refractivity contribution in [3.05, 3.63) is 0 Å². The summed E-state index contributed by atoms with van der Waals surface area (Å²) in [6, 6.07) is 3.09. The smallest absolute Gasteiger partial charge is 0.0263 e. The largest absolute Gasteiger partial charge is 0.333 e. The lowest BCUT2D eigenvalue weighted by atomic mass is 10.00. The maximum absolute atomic E-state index is 3.09. The number of piperidine rings is 1. The molecule has 0 aromatic heterocycles. The van der Waals surface area contributed by atoms with Crippen LogP contribution in [0.25, 0.3) is 0 Å². The molecule has 0 aromatic carbocycles. The maximum atomic E-state index is 3.09. The minimum absolute atomic E-state index is 0.912. The first-order chi connectivity index (χ1) is 4.83. The SMILES string of the molecule is CC#CN1CCC(C)CC1. The molecular formula is C9H15N. The Hall–Kier alpha value is -0.640. The average molecular weight is 137 g/mol. The number of hydrogen-bond donors (Lipinski definition) is 0. The molecule has 0 aromatic rings. The summed E-state index contributed by atoms with van der Waals surface area (Å²) < 4.78 is 0. The van der Waals surface area contributed by atoms with Gasteiger partial charge in [0.2, 0.25) is 0 Å². The highest BCUT2D eigenvalue weighted by Gasteiger charge is 2.12. The van der Waals surface area contributed by atoms with E-state index in [9.17, 15) is 0 Å². The van der Waals surface area contributed by atoms with Crippen LogP contribution < -0.4 is 0 Å². The Labute approximate surface area is 63.4 Å². The molecule has 10 heavy (non-hydrogen) atoms. The molecule has 0 saturated carbocycles. The summed E-state index contributed by atoms with van der Waals surface area (Å²) in [5, 5.41) is 0. The Morgan fingerprint density at radius 2 is 1.90 bits per heavy atom. The van der Waals surface area contributed by atoms with Gasteiger partial charge in [-0.1, -0.05) is 12.8 Å². The zero-order valence-electron chi connectivity index (χ0n) is 6.85. The molecule has 0 atom stereocenters. The predicted molar refractivity (Wildman–Crippen MR) is 43.4 cm³/mol. The summed E-state index contributed by atoms with van der Waals surface area (Å²) in [4.78, 5) is 2.22. The van der Waals surface area contributed by atoms with Gasteiger partial charge in [-0.15, -0.1) is 0 Å². The summed E-state index contributed by atoms with van der Waals surface area (Å²) in [6.07, 6.45) is 2.63. The summed E-state index contributed by atoms with van der Waals surface area (Å²) >= 11 is 0. The van der Waals surface area contributed by atoms with Crippen molar-refractivity contribution in [2.45, 2.75) is 26.7 Å². The predicted octanol–water partition coefficient (Wildman–Crippen LogP) is 1.70. The van der Waals surface area contributed by atoms with Gasteiger partial charge >= 0.3 is 0 Å². The minimum atomic E-state index is 0.912. The Balaban J connectivity index is 2.30. The maximum Gasteiger partial charge on any atom is 0.0263 e. The van der Waals surface area contributed by atoms with Gasteiger partial charge < -0.3 is 4.90 Å². The molecule has 56 valence electrons. The Morgan fingerprint density at radius 3 is 2.40 bits per heavy atom. The summed E-state index contributed by atoms with van der Waals surface area (Å²) in [5.74, 6) is 3.84. The normalized spacial score (nSPS) is 20.0. The topological polar surface area (TPSA) is 3.24 Å². The van der Waals surface area contributed by atoms with Crippen molar-refractivity contribution in [3.63, 3.8) is 0 Å². The van der Waals surface area contributed by atoms with E-state index in [4.69, 9.17) is 0 Å². The molecule has 0 unspecified atom stereocenters. The molecule has 1 rings (SSSR count). The quantitative estimate of drug-likeness (QED) is 0.459. The van der Waals surface area contributed by atoms with E-state index in [-0.39, 0.29) is 0 Å². The van der Waals surface area contributed by atoms with Crippen LogP contribution in [0, 0.1) is 17.9 Å². The summed E-state index contributed by atoms with van der Waals surface area (Å²) in [6.45, 7) is 6.55. The van der Waals surface area contributed by atoms with Gasteiger partial charge in [-0.2, -0.15) is 0 Å². The van der Waals surface area contributed by atoms with Crippen molar-refractivity contribution < 1.29 is 0 Å².